The van der Waals surface area contributed by atoms with Crippen LogP contribution in [0, 0.1) is 5.92 Å². The minimum Gasteiger partial charge on any atom is -0.357 e. The van der Waals surface area contributed by atoms with Crippen molar-refractivity contribution in [2.75, 3.05) is 27.2 Å². The number of rotatable bonds is 7. The molecular weight excluding hydrogens is 463 g/mol. The third kappa shape index (κ3) is 7.97. The molecule has 1 aromatic carbocycles. The molecule has 0 radical (unpaired) electrons. The number of halogens is 1. The van der Waals surface area contributed by atoms with Crippen LogP contribution in [-0.4, -0.2) is 50.0 Å². The number of guanidine groups is 1. The second-order valence-electron chi connectivity index (χ2n) is 7.68. The van der Waals surface area contributed by atoms with Crippen molar-refractivity contribution in [3.63, 3.8) is 0 Å². The number of aliphatic imine (C=N–C) groups is 1. The Morgan fingerprint density at radius 3 is 2.50 bits per heavy atom. The SMILES string of the molecule is CCNC(=NCCc1cccc(C(=O)N(C)C)c1)NC1CCC(CC)CC1.I. The van der Waals surface area contributed by atoms with Gasteiger partial charge in [0.25, 0.3) is 5.91 Å². The first-order valence-electron chi connectivity index (χ1n) is 10.4. The van der Waals surface area contributed by atoms with Gasteiger partial charge in [0.15, 0.2) is 5.96 Å². The highest BCUT2D eigenvalue weighted by molar-refractivity contribution is 14.0. The van der Waals surface area contributed by atoms with E-state index in [1.807, 2.05) is 18.2 Å². The maximum absolute atomic E-state index is 12.1. The van der Waals surface area contributed by atoms with Crippen LogP contribution < -0.4 is 10.6 Å². The van der Waals surface area contributed by atoms with Gasteiger partial charge in [0, 0.05) is 38.8 Å². The third-order valence-electron chi connectivity index (χ3n) is 5.36. The highest BCUT2D eigenvalue weighted by Crippen LogP contribution is 2.26. The van der Waals surface area contributed by atoms with Gasteiger partial charge >= 0.3 is 0 Å². The Hall–Kier alpha value is -1.31. The van der Waals surface area contributed by atoms with Crippen LogP contribution in [0.1, 0.15) is 61.9 Å². The molecule has 0 aliphatic heterocycles. The van der Waals surface area contributed by atoms with Crippen molar-refractivity contribution >= 4 is 35.8 Å². The number of benzene rings is 1. The second kappa shape index (κ2) is 13.0. The Morgan fingerprint density at radius 1 is 1.18 bits per heavy atom. The lowest BCUT2D eigenvalue weighted by Gasteiger charge is -2.29. The fraction of sp³-hybridized carbons (Fsp3) is 0.636. The largest absolute Gasteiger partial charge is 0.357 e. The lowest BCUT2D eigenvalue weighted by atomic mass is 9.84. The first kappa shape index (κ1) is 24.7. The summed E-state index contributed by atoms with van der Waals surface area (Å²) in [6.07, 6.45) is 7.24. The standard InChI is InChI=1S/C22H36N4O.HI/c1-5-17-10-12-20(13-11-17)25-22(23-6-2)24-15-14-18-8-7-9-19(16-18)21(27)26(3)4;/h7-9,16-17,20H,5-6,10-15H2,1-4H3,(H2,23,24,25);1H. The number of hydrogen-bond acceptors (Lipinski definition) is 2. The number of carbonyl (C=O) groups is 1. The van der Waals surface area contributed by atoms with E-state index in [1.165, 1.54) is 32.1 Å². The molecule has 1 aromatic rings. The topological polar surface area (TPSA) is 56.7 Å². The summed E-state index contributed by atoms with van der Waals surface area (Å²) in [5.41, 5.74) is 1.88. The van der Waals surface area contributed by atoms with Gasteiger partial charge < -0.3 is 15.5 Å². The summed E-state index contributed by atoms with van der Waals surface area (Å²) in [7, 11) is 3.56. The molecule has 0 unspecified atom stereocenters. The molecule has 0 heterocycles. The van der Waals surface area contributed by atoms with E-state index in [1.54, 1.807) is 19.0 Å². The van der Waals surface area contributed by atoms with Crippen LogP contribution >= 0.6 is 24.0 Å². The average Bonchev–Trinajstić information content (AvgIpc) is 2.68. The third-order valence-corrected chi connectivity index (χ3v) is 5.36. The zero-order valence-electron chi connectivity index (χ0n) is 17.8. The maximum Gasteiger partial charge on any atom is 0.253 e. The van der Waals surface area contributed by atoms with Gasteiger partial charge in [-0.15, -0.1) is 24.0 Å². The van der Waals surface area contributed by atoms with Crippen molar-refractivity contribution < 1.29 is 4.79 Å². The second-order valence-corrected chi connectivity index (χ2v) is 7.68. The molecule has 158 valence electrons. The summed E-state index contributed by atoms with van der Waals surface area (Å²) >= 11 is 0. The predicted molar refractivity (Wildman–Crippen MR) is 129 cm³/mol. The molecule has 1 saturated carbocycles. The van der Waals surface area contributed by atoms with Crippen molar-refractivity contribution in [1.82, 2.24) is 15.5 Å². The normalized spacial score (nSPS) is 19.5. The van der Waals surface area contributed by atoms with E-state index < -0.39 is 0 Å². The zero-order chi connectivity index (χ0) is 19.6. The van der Waals surface area contributed by atoms with E-state index in [2.05, 4.69) is 30.5 Å². The Morgan fingerprint density at radius 2 is 1.89 bits per heavy atom. The molecule has 1 fully saturated rings. The summed E-state index contributed by atoms with van der Waals surface area (Å²) in [5.74, 6) is 1.86. The number of nitrogens with one attached hydrogen (secondary N) is 2. The van der Waals surface area contributed by atoms with Crippen LogP contribution in [0.5, 0.6) is 0 Å². The van der Waals surface area contributed by atoms with Gasteiger partial charge in [0.1, 0.15) is 0 Å². The first-order chi connectivity index (χ1) is 13.0. The Labute approximate surface area is 187 Å². The van der Waals surface area contributed by atoms with Crippen molar-refractivity contribution in [2.24, 2.45) is 10.9 Å². The van der Waals surface area contributed by atoms with Gasteiger partial charge in [0.05, 0.1) is 0 Å². The number of amides is 1. The van der Waals surface area contributed by atoms with Crippen LogP contribution in [0.15, 0.2) is 29.3 Å². The van der Waals surface area contributed by atoms with Crippen LogP contribution in [0.3, 0.4) is 0 Å². The maximum atomic E-state index is 12.1. The summed E-state index contributed by atoms with van der Waals surface area (Å²) < 4.78 is 0. The molecule has 0 atom stereocenters. The van der Waals surface area contributed by atoms with Gasteiger partial charge in [-0.05, 0) is 62.6 Å². The minimum absolute atomic E-state index is 0. The van der Waals surface area contributed by atoms with Gasteiger partial charge in [0.2, 0.25) is 0 Å². The van der Waals surface area contributed by atoms with Crippen molar-refractivity contribution in [3.05, 3.63) is 35.4 Å². The molecule has 28 heavy (non-hydrogen) atoms. The monoisotopic (exact) mass is 500 g/mol. The van der Waals surface area contributed by atoms with Gasteiger partial charge in [-0.3, -0.25) is 9.79 Å². The fourth-order valence-corrected chi connectivity index (χ4v) is 3.64. The molecule has 2 rings (SSSR count). The van der Waals surface area contributed by atoms with E-state index in [0.29, 0.717) is 12.6 Å². The van der Waals surface area contributed by atoms with E-state index in [4.69, 9.17) is 4.99 Å². The van der Waals surface area contributed by atoms with E-state index in [0.717, 1.165) is 36.0 Å². The van der Waals surface area contributed by atoms with Gasteiger partial charge in [-0.1, -0.05) is 25.5 Å². The Bertz CT molecular complexity index is 625. The molecule has 0 saturated heterocycles. The Kier molecular flexibility index (Phi) is 11.5. The lowest BCUT2D eigenvalue weighted by Crippen LogP contribution is -2.45. The van der Waals surface area contributed by atoms with Crippen LogP contribution in [-0.2, 0) is 6.42 Å². The molecule has 1 aliphatic rings. The molecule has 1 aliphatic carbocycles. The number of nitrogens with zero attached hydrogens (tertiary/aromatic N) is 2. The van der Waals surface area contributed by atoms with Crippen LogP contribution in [0.4, 0.5) is 0 Å². The van der Waals surface area contributed by atoms with Crippen LogP contribution in [0.25, 0.3) is 0 Å². The molecular formula is C22H37IN4O. The molecule has 6 heteroatoms. The van der Waals surface area contributed by atoms with Gasteiger partial charge in [-0.2, -0.15) is 0 Å². The average molecular weight is 500 g/mol. The first-order valence-corrected chi connectivity index (χ1v) is 10.4. The zero-order valence-corrected chi connectivity index (χ0v) is 20.2. The molecule has 5 nitrogen and oxygen atoms in total. The molecule has 0 spiro atoms. The Balaban J connectivity index is 0.00000392. The van der Waals surface area contributed by atoms with Crippen molar-refractivity contribution in [1.29, 1.82) is 0 Å². The smallest absolute Gasteiger partial charge is 0.253 e. The van der Waals surface area contributed by atoms with Gasteiger partial charge in [-0.25, -0.2) is 0 Å². The van der Waals surface area contributed by atoms with Crippen LogP contribution in [0.2, 0.25) is 0 Å². The summed E-state index contributed by atoms with van der Waals surface area (Å²) in [4.78, 5) is 18.5. The van der Waals surface area contributed by atoms with Crippen molar-refractivity contribution in [3.8, 4) is 0 Å². The fourth-order valence-electron chi connectivity index (χ4n) is 3.64. The summed E-state index contributed by atoms with van der Waals surface area (Å²) in [6.45, 7) is 5.97. The van der Waals surface area contributed by atoms with E-state index in [-0.39, 0.29) is 29.9 Å². The van der Waals surface area contributed by atoms with E-state index in [9.17, 15) is 4.79 Å². The summed E-state index contributed by atoms with van der Waals surface area (Å²) in [6, 6.07) is 8.39. The lowest BCUT2D eigenvalue weighted by molar-refractivity contribution is 0.0827. The summed E-state index contributed by atoms with van der Waals surface area (Å²) in [5, 5.41) is 6.97. The molecule has 1 amide bonds. The molecule has 0 bridgehead atoms. The molecule has 2 N–H and O–H groups in total. The molecule has 0 aromatic heterocycles. The van der Waals surface area contributed by atoms with E-state index >= 15 is 0 Å². The van der Waals surface area contributed by atoms with Crippen molar-refractivity contribution in [2.45, 2.75) is 58.4 Å². The minimum atomic E-state index is 0. The number of hydrogen-bond donors (Lipinski definition) is 2. The number of carbonyl (C=O) groups excluding carboxylic acids is 1. The highest BCUT2D eigenvalue weighted by Gasteiger charge is 2.20. The quantitative estimate of drug-likeness (QED) is 0.337. The highest BCUT2D eigenvalue weighted by atomic mass is 127. The predicted octanol–water partition coefficient (Wildman–Crippen LogP) is 4.07.